The van der Waals surface area contributed by atoms with Gasteiger partial charge in [-0.1, -0.05) is 6.07 Å². The first-order valence-corrected chi connectivity index (χ1v) is 11.4. The van der Waals surface area contributed by atoms with Crippen molar-refractivity contribution in [2.24, 2.45) is 5.73 Å². The van der Waals surface area contributed by atoms with Crippen molar-refractivity contribution in [3.8, 4) is 22.9 Å². The Morgan fingerprint density at radius 3 is 2.21 bits per heavy atom. The number of hydrogen-bond donors (Lipinski definition) is 6. The summed E-state index contributed by atoms with van der Waals surface area (Å²) in [7, 11) is 2.67. The van der Waals surface area contributed by atoms with Crippen molar-refractivity contribution in [1.29, 1.82) is 10.7 Å². The Hall–Kier alpha value is -5.91. The molecular weight excluding hydrogens is 563 g/mol. The third kappa shape index (κ3) is 7.60. The van der Waals surface area contributed by atoms with E-state index in [1.807, 2.05) is 6.07 Å². The lowest BCUT2D eigenvalue weighted by molar-refractivity contribution is -0.137. The molecule has 0 saturated heterocycles. The fraction of sp³-hybridized carbons (Fsp3) is 0.111. The van der Waals surface area contributed by atoms with Crippen LogP contribution in [0.25, 0.3) is 11.1 Å². The Morgan fingerprint density at radius 1 is 1.05 bits per heavy atom. The highest BCUT2D eigenvalue weighted by Crippen LogP contribution is 2.41. The van der Waals surface area contributed by atoms with Crippen molar-refractivity contribution >= 4 is 41.3 Å². The summed E-state index contributed by atoms with van der Waals surface area (Å²) in [6.07, 6.45) is -5.82. The number of carboxylic acid groups (broad SMARTS) is 1. The minimum atomic E-state index is -4.91. The van der Waals surface area contributed by atoms with Crippen molar-refractivity contribution in [3.05, 3.63) is 76.3 Å². The molecule has 0 radical (unpaired) electrons. The Bertz CT molecular complexity index is 1610. The summed E-state index contributed by atoms with van der Waals surface area (Å²) in [5.74, 6) is -2.84. The van der Waals surface area contributed by atoms with E-state index in [4.69, 9.17) is 21.5 Å². The Labute approximate surface area is 235 Å². The number of nitrogens with one attached hydrogen (secondary N) is 3. The number of carbonyl (C=O) groups is 4. The predicted octanol–water partition coefficient (Wildman–Crippen LogP) is 4.22. The quantitative estimate of drug-likeness (QED) is 0.173. The number of methoxy groups -OCH3 is 1. The molecular formula is C27H22F3N5O7. The highest BCUT2D eigenvalue weighted by Gasteiger charge is 2.35. The van der Waals surface area contributed by atoms with Crippen LogP contribution in [0.2, 0.25) is 0 Å². The number of phenolic OH excluding ortho intramolecular Hbond substituents is 1. The van der Waals surface area contributed by atoms with E-state index in [9.17, 15) is 37.5 Å². The molecule has 218 valence electrons. The molecule has 3 aromatic carbocycles. The molecule has 0 aliphatic rings. The van der Waals surface area contributed by atoms with Crippen LogP contribution >= 0.6 is 0 Å². The van der Waals surface area contributed by atoms with Crippen LogP contribution in [0.4, 0.5) is 29.3 Å². The Kier molecular flexibility index (Phi) is 10.3. The van der Waals surface area contributed by atoms with Gasteiger partial charge in [-0.3, -0.25) is 20.3 Å². The zero-order valence-electron chi connectivity index (χ0n) is 21.8. The van der Waals surface area contributed by atoms with Crippen LogP contribution in [0.5, 0.6) is 5.75 Å². The van der Waals surface area contributed by atoms with Gasteiger partial charge in [0, 0.05) is 24.0 Å². The number of carbonyl (C=O) groups excluding carboxylic acids is 3. The average molecular weight is 585 g/mol. The Balaban J connectivity index is 0.000000395. The number of nitrogens with two attached hydrogens (primary N) is 1. The maximum absolute atomic E-state index is 13.7. The van der Waals surface area contributed by atoms with Crippen molar-refractivity contribution < 1.29 is 47.3 Å². The molecule has 15 heteroatoms. The molecule has 42 heavy (non-hydrogen) atoms. The maximum Gasteiger partial charge on any atom is 0.417 e. The third-order valence-electron chi connectivity index (χ3n) is 5.50. The minimum Gasteiger partial charge on any atom is -0.507 e. The minimum absolute atomic E-state index is 0.0802. The highest BCUT2D eigenvalue weighted by atomic mass is 19.4. The number of amides is 2. The van der Waals surface area contributed by atoms with E-state index in [0.717, 1.165) is 31.4 Å². The van der Waals surface area contributed by atoms with Crippen molar-refractivity contribution in [2.45, 2.75) is 6.18 Å². The van der Waals surface area contributed by atoms with Crippen molar-refractivity contribution in [2.75, 3.05) is 24.8 Å². The van der Waals surface area contributed by atoms with E-state index >= 15 is 0 Å². The van der Waals surface area contributed by atoms with Gasteiger partial charge in [0.1, 0.15) is 11.5 Å². The van der Waals surface area contributed by atoms with E-state index < -0.39 is 52.3 Å². The summed E-state index contributed by atoms with van der Waals surface area (Å²) in [4.78, 5) is 44.6. The number of phenols is 1. The van der Waals surface area contributed by atoms with Gasteiger partial charge in [0.2, 0.25) is 5.91 Å². The number of aromatic carboxylic acids is 1. The number of nitriles is 1. The lowest BCUT2D eigenvalue weighted by Gasteiger charge is -2.18. The molecule has 0 heterocycles. The van der Waals surface area contributed by atoms with Gasteiger partial charge in [0.05, 0.1) is 35.4 Å². The fourth-order valence-corrected chi connectivity index (χ4v) is 3.56. The summed E-state index contributed by atoms with van der Waals surface area (Å²) >= 11 is 0. The SMILES string of the molecule is CNc1ccc(C#N)cc1C(=O)O.COC(=O)Nc1ccc(-c2cc(C(=N)C=O)c(O)cc2C(N)=O)c(C(F)(F)F)c1. The van der Waals surface area contributed by atoms with Gasteiger partial charge in [0.25, 0.3) is 0 Å². The van der Waals surface area contributed by atoms with Crippen LogP contribution in [0, 0.1) is 16.7 Å². The third-order valence-corrected chi connectivity index (χ3v) is 5.50. The molecule has 2 amide bonds. The first-order chi connectivity index (χ1) is 19.7. The van der Waals surface area contributed by atoms with Crippen LogP contribution in [0.3, 0.4) is 0 Å². The zero-order valence-corrected chi connectivity index (χ0v) is 21.8. The lowest BCUT2D eigenvalue weighted by atomic mass is 9.91. The molecule has 0 bridgehead atoms. The molecule has 7 N–H and O–H groups in total. The van der Waals surface area contributed by atoms with Gasteiger partial charge >= 0.3 is 18.2 Å². The molecule has 0 unspecified atom stereocenters. The summed E-state index contributed by atoms with van der Waals surface area (Å²) < 4.78 is 45.3. The molecule has 3 rings (SSSR count). The molecule has 0 atom stereocenters. The second-order valence-corrected chi connectivity index (χ2v) is 8.11. The van der Waals surface area contributed by atoms with Crippen molar-refractivity contribution in [3.63, 3.8) is 0 Å². The number of hydrogen-bond acceptors (Lipinski definition) is 9. The van der Waals surface area contributed by atoms with Gasteiger partial charge in [-0.15, -0.1) is 0 Å². The molecule has 0 aliphatic heterocycles. The first kappa shape index (κ1) is 32.3. The predicted molar refractivity (Wildman–Crippen MR) is 144 cm³/mol. The second-order valence-electron chi connectivity index (χ2n) is 8.11. The van der Waals surface area contributed by atoms with E-state index in [1.165, 1.54) is 6.07 Å². The number of ether oxygens (including phenoxy) is 1. The van der Waals surface area contributed by atoms with Crippen LogP contribution < -0.4 is 16.4 Å². The number of primary amides is 1. The molecule has 3 aromatic rings. The lowest BCUT2D eigenvalue weighted by Crippen LogP contribution is -2.16. The number of benzene rings is 3. The molecule has 0 aliphatic carbocycles. The number of nitrogens with zero attached hydrogens (tertiary/aromatic N) is 1. The first-order valence-electron chi connectivity index (χ1n) is 11.4. The molecule has 12 nitrogen and oxygen atoms in total. The topological polar surface area (TPSA) is 216 Å². The number of anilines is 2. The van der Waals surface area contributed by atoms with Crippen molar-refractivity contribution in [1.82, 2.24) is 0 Å². The van der Waals surface area contributed by atoms with Crippen LogP contribution in [-0.2, 0) is 15.7 Å². The summed E-state index contributed by atoms with van der Waals surface area (Å²) in [6, 6.07) is 10.8. The Morgan fingerprint density at radius 2 is 1.71 bits per heavy atom. The maximum atomic E-state index is 13.7. The largest absolute Gasteiger partial charge is 0.507 e. The van der Waals surface area contributed by atoms with Crippen LogP contribution in [0.15, 0.2) is 48.5 Å². The van der Waals surface area contributed by atoms with Gasteiger partial charge in [-0.25, -0.2) is 9.59 Å². The smallest absolute Gasteiger partial charge is 0.417 e. The zero-order chi connectivity index (χ0) is 31.8. The summed E-state index contributed by atoms with van der Waals surface area (Å²) in [6.45, 7) is 0. The molecule has 0 aromatic heterocycles. The summed E-state index contributed by atoms with van der Waals surface area (Å²) in [5, 5.41) is 39.6. The summed E-state index contributed by atoms with van der Waals surface area (Å²) in [5.41, 5.74) is 2.31. The number of alkyl halides is 3. The fourth-order valence-electron chi connectivity index (χ4n) is 3.56. The van der Waals surface area contributed by atoms with E-state index in [2.05, 4.69) is 15.4 Å². The average Bonchev–Trinajstić information content (AvgIpc) is 2.95. The standard InChI is InChI=1S/C18H14F3N3O5.C9H8N2O2/c1-29-17(28)24-8-2-3-9(13(4-8)18(19,20)21)10-5-12(14(22)7-25)15(26)6-11(10)16(23)27;1-11-8-3-2-6(5-10)4-7(8)9(12)13/h2-7,22,26H,1H3,(H2,23,27)(H,24,28);2-4,11H,1H3,(H,12,13). The van der Waals surface area contributed by atoms with Gasteiger partial charge in [-0.05, 0) is 53.6 Å². The monoisotopic (exact) mass is 585 g/mol. The van der Waals surface area contributed by atoms with E-state index in [1.54, 1.807) is 19.2 Å². The van der Waals surface area contributed by atoms with Gasteiger partial charge in [0.15, 0.2) is 6.29 Å². The number of rotatable bonds is 7. The molecule has 0 spiro atoms. The normalized spacial score (nSPS) is 10.3. The second kappa shape index (κ2) is 13.4. The van der Waals surface area contributed by atoms with Crippen LogP contribution in [0.1, 0.15) is 37.4 Å². The highest BCUT2D eigenvalue weighted by molar-refractivity contribution is 6.35. The molecule has 0 saturated carbocycles. The molecule has 0 fully saturated rings. The number of aldehydes is 1. The number of halogens is 3. The van der Waals surface area contributed by atoms with Gasteiger partial charge < -0.3 is 26.0 Å². The van der Waals surface area contributed by atoms with E-state index in [0.29, 0.717) is 17.3 Å². The van der Waals surface area contributed by atoms with Gasteiger partial charge in [-0.2, -0.15) is 18.4 Å². The van der Waals surface area contributed by atoms with Crippen LogP contribution in [-0.4, -0.2) is 54.3 Å². The van der Waals surface area contributed by atoms with E-state index in [-0.39, 0.29) is 28.7 Å². The number of aromatic hydroxyl groups is 1. The number of carboxylic acids is 1.